The first-order valence-corrected chi connectivity index (χ1v) is 6.79. The average molecular weight is 255 g/mol. The van der Waals surface area contributed by atoms with E-state index >= 15 is 0 Å². The van der Waals surface area contributed by atoms with E-state index in [0.717, 1.165) is 12.8 Å². The van der Waals surface area contributed by atoms with Crippen LogP contribution in [0, 0.1) is 5.41 Å². The molecule has 1 saturated carbocycles. The maximum Gasteiger partial charge on any atom is 0.303 e. The van der Waals surface area contributed by atoms with E-state index in [-0.39, 0.29) is 12.3 Å². The van der Waals surface area contributed by atoms with Gasteiger partial charge in [-0.3, -0.25) is 9.59 Å². The molecule has 1 N–H and O–H groups in total. The summed E-state index contributed by atoms with van der Waals surface area (Å²) < 4.78 is 0. The van der Waals surface area contributed by atoms with Gasteiger partial charge < -0.3 is 10.0 Å². The number of carboxylic acid groups (broad SMARTS) is 1. The number of carboxylic acids is 1. The molecule has 0 heterocycles. The van der Waals surface area contributed by atoms with E-state index in [4.69, 9.17) is 5.11 Å². The molecule has 0 radical (unpaired) electrons. The van der Waals surface area contributed by atoms with Crippen molar-refractivity contribution in [1.82, 2.24) is 4.90 Å². The Morgan fingerprint density at radius 2 is 1.72 bits per heavy atom. The lowest BCUT2D eigenvalue weighted by atomic mass is 9.84. The van der Waals surface area contributed by atoms with Crippen molar-refractivity contribution < 1.29 is 14.7 Å². The highest BCUT2D eigenvalue weighted by atomic mass is 16.4. The van der Waals surface area contributed by atoms with Gasteiger partial charge in [-0.2, -0.15) is 0 Å². The van der Waals surface area contributed by atoms with E-state index in [9.17, 15) is 9.59 Å². The number of amides is 1. The minimum absolute atomic E-state index is 0.0389. The van der Waals surface area contributed by atoms with Gasteiger partial charge >= 0.3 is 5.97 Å². The molecular weight excluding hydrogens is 230 g/mol. The predicted octanol–water partition coefficient (Wildman–Crippen LogP) is 2.67. The number of carbonyl (C=O) groups is 2. The van der Waals surface area contributed by atoms with Crippen molar-refractivity contribution in [3.8, 4) is 0 Å². The van der Waals surface area contributed by atoms with Gasteiger partial charge in [-0.25, -0.2) is 0 Å². The topological polar surface area (TPSA) is 57.6 Å². The zero-order valence-corrected chi connectivity index (χ0v) is 11.7. The summed E-state index contributed by atoms with van der Waals surface area (Å²) in [6.45, 7) is 3.68. The van der Waals surface area contributed by atoms with Crippen LogP contribution in [0.5, 0.6) is 0 Å². The van der Waals surface area contributed by atoms with E-state index in [1.54, 1.807) is 0 Å². The van der Waals surface area contributed by atoms with E-state index in [1.807, 2.05) is 25.8 Å². The van der Waals surface area contributed by atoms with Crippen LogP contribution in [0.25, 0.3) is 0 Å². The van der Waals surface area contributed by atoms with Crippen molar-refractivity contribution in [1.29, 1.82) is 0 Å². The zero-order valence-electron chi connectivity index (χ0n) is 11.7. The van der Waals surface area contributed by atoms with Crippen LogP contribution in [-0.4, -0.2) is 35.0 Å². The third kappa shape index (κ3) is 4.67. The van der Waals surface area contributed by atoms with Crippen LogP contribution in [0.4, 0.5) is 0 Å². The highest BCUT2D eigenvalue weighted by molar-refractivity contribution is 5.78. The molecule has 0 bridgehead atoms. The van der Waals surface area contributed by atoms with Crippen LogP contribution in [-0.2, 0) is 9.59 Å². The van der Waals surface area contributed by atoms with Crippen LogP contribution in [0.2, 0.25) is 0 Å². The van der Waals surface area contributed by atoms with Crippen LogP contribution in [0.1, 0.15) is 58.8 Å². The Labute approximate surface area is 109 Å². The lowest BCUT2D eigenvalue weighted by molar-refractivity contribution is -0.141. The third-order valence-electron chi connectivity index (χ3n) is 3.78. The number of aliphatic carboxylic acids is 1. The van der Waals surface area contributed by atoms with Crippen molar-refractivity contribution in [3.63, 3.8) is 0 Å². The van der Waals surface area contributed by atoms with E-state index in [0.29, 0.717) is 12.5 Å². The largest absolute Gasteiger partial charge is 0.481 e. The number of hydrogen-bond donors (Lipinski definition) is 1. The third-order valence-corrected chi connectivity index (χ3v) is 3.78. The summed E-state index contributed by atoms with van der Waals surface area (Å²) in [6, 6.07) is 0.354. The smallest absolute Gasteiger partial charge is 0.303 e. The minimum atomic E-state index is -0.840. The molecule has 1 rings (SSSR count). The van der Waals surface area contributed by atoms with E-state index in [1.165, 1.54) is 19.3 Å². The summed E-state index contributed by atoms with van der Waals surface area (Å²) in [5, 5.41) is 8.82. The minimum Gasteiger partial charge on any atom is -0.481 e. The Balaban J connectivity index is 2.50. The van der Waals surface area contributed by atoms with Crippen molar-refractivity contribution in [2.75, 3.05) is 7.05 Å². The highest BCUT2D eigenvalue weighted by Gasteiger charge is 2.29. The lowest BCUT2D eigenvalue weighted by Crippen LogP contribution is -2.40. The van der Waals surface area contributed by atoms with Gasteiger partial charge in [0.2, 0.25) is 5.91 Å². The van der Waals surface area contributed by atoms with Gasteiger partial charge in [0.25, 0.3) is 0 Å². The number of carbonyl (C=O) groups excluding carboxylic acids is 1. The van der Waals surface area contributed by atoms with Gasteiger partial charge in [-0.05, 0) is 18.3 Å². The normalized spacial score (nSPS) is 17.5. The molecule has 1 fully saturated rings. The van der Waals surface area contributed by atoms with Crippen LogP contribution < -0.4 is 0 Å². The first-order chi connectivity index (χ1) is 8.32. The van der Waals surface area contributed by atoms with Gasteiger partial charge in [0.1, 0.15) is 0 Å². The Kier molecular flexibility index (Phi) is 5.17. The quantitative estimate of drug-likeness (QED) is 0.821. The molecule has 0 saturated heterocycles. The van der Waals surface area contributed by atoms with Crippen molar-refractivity contribution >= 4 is 11.9 Å². The van der Waals surface area contributed by atoms with E-state index < -0.39 is 11.4 Å². The molecule has 0 spiro atoms. The molecule has 18 heavy (non-hydrogen) atoms. The second-order valence-electron chi connectivity index (χ2n) is 6.21. The summed E-state index contributed by atoms with van der Waals surface area (Å²) in [7, 11) is 1.86. The summed E-state index contributed by atoms with van der Waals surface area (Å²) in [6.07, 6.45) is 6.18. The van der Waals surface area contributed by atoms with E-state index in [2.05, 4.69) is 0 Å². The van der Waals surface area contributed by atoms with Crippen LogP contribution in [0.15, 0.2) is 0 Å². The Bertz CT molecular complexity index is 306. The van der Waals surface area contributed by atoms with Gasteiger partial charge in [0.15, 0.2) is 0 Å². The summed E-state index contributed by atoms with van der Waals surface area (Å²) >= 11 is 0. The molecule has 4 heteroatoms. The van der Waals surface area contributed by atoms with Gasteiger partial charge in [0, 0.05) is 19.5 Å². The first kappa shape index (κ1) is 15.0. The van der Waals surface area contributed by atoms with Gasteiger partial charge in [-0.15, -0.1) is 0 Å². The second kappa shape index (κ2) is 6.21. The molecule has 1 amide bonds. The summed E-state index contributed by atoms with van der Waals surface area (Å²) in [5.74, 6) is -0.763. The molecule has 104 valence electrons. The average Bonchev–Trinajstić information content (AvgIpc) is 2.26. The fraction of sp³-hybridized carbons (Fsp3) is 0.857. The molecular formula is C14H25NO3. The predicted molar refractivity (Wildman–Crippen MR) is 70.3 cm³/mol. The Morgan fingerprint density at radius 3 is 2.22 bits per heavy atom. The van der Waals surface area contributed by atoms with Gasteiger partial charge in [0.05, 0.1) is 6.42 Å². The van der Waals surface area contributed by atoms with Crippen LogP contribution >= 0.6 is 0 Å². The van der Waals surface area contributed by atoms with Gasteiger partial charge in [-0.1, -0.05) is 33.1 Å². The summed E-state index contributed by atoms with van der Waals surface area (Å²) in [4.78, 5) is 24.8. The molecule has 0 aromatic heterocycles. The van der Waals surface area contributed by atoms with Crippen molar-refractivity contribution in [2.45, 2.75) is 64.8 Å². The fourth-order valence-corrected chi connectivity index (χ4v) is 2.68. The molecule has 0 aromatic rings. The number of nitrogens with zero attached hydrogens (tertiary/aromatic N) is 1. The fourth-order valence-electron chi connectivity index (χ4n) is 2.68. The molecule has 1 aliphatic carbocycles. The molecule has 0 unspecified atom stereocenters. The molecule has 0 atom stereocenters. The van der Waals surface area contributed by atoms with Crippen LogP contribution in [0.3, 0.4) is 0 Å². The lowest BCUT2D eigenvalue weighted by Gasteiger charge is -2.33. The Hall–Kier alpha value is -1.06. The number of hydrogen-bond acceptors (Lipinski definition) is 2. The SMILES string of the molecule is CN(C(=O)CC(C)(C)CC(=O)O)C1CCCCC1. The molecule has 1 aliphatic rings. The van der Waals surface area contributed by atoms with Crippen molar-refractivity contribution in [2.24, 2.45) is 5.41 Å². The monoisotopic (exact) mass is 255 g/mol. The Morgan fingerprint density at radius 1 is 1.17 bits per heavy atom. The maximum atomic E-state index is 12.2. The molecule has 0 aliphatic heterocycles. The zero-order chi connectivity index (χ0) is 13.8. The summed E-state index contributed by atoms with van der Waals surface area (Å²) in [5.41, 5.74) is -0.466. The van der Waals surface area contributed by atoms with Crippen molar-refractivity contribution in [3.05, 3.63) is 0 Å². The number of rotatable bonds is 5. The molecule has 0 aromatic carbocycles. The molecule has 4 nitrogen and oxygen atoms in total. The first-order valence-electron chi connectivity index (χ1n) is 6.79. The maximum absolute atomic E-state index is 12.2. The second-order valence-corrected chi connectivity index (χ2v) is 6.21. The highest BCUT2D eigenvalue weighted by Crippen LogP contribution is 2.28. The standard InChI is InChI=1S/C14H25NO3/c1-14(2,10-13(17)18)9-12(16)15(3)11-7-5-4-6-8-11/h11H,4-10H2,1-3H3,(H,17,18).